The zero-order chi connectivity index (χ0) is 23.9. The van der Waals surface area contributed by atoms with E-state index in [0.717, 1.165) is 29.8 Å². The molecule has 1 aliphatic heterocycles. The summed E-state index contributed by atoms with van der Waals surface area (Å²) in [7, 11) is 0. The number of thiophene rings is 1. The number of hydrogen-bond donors (Lipinski definition) is 1. The predicted molar refractivity (Wildman–Crippen MR) is 136 cm³/mol. The fourth-order valence-electron chi connectivity index (χ4n) is 4.77. The number of unbranched alkanes of at least 4 members (excludes halogenated alkanes) is 1. The number of rotatable bonds is 5. The Labute approximate surface area is 209 Å². The molecule has 2 heterocycles. The molecule has 0 fully saturated rings. The zero-order valence-corrected chi connectivity index (χ0v) is 21.4. The van der Waals surface area contributed by atoms with E-state index < -0.39 is 5.92 Å². The first-order valence-corrected chi connectivity index (χ1v) is 12.7. The highest BCUT2D eigenvalue weighted by molar-refractivity contribution is 7.12. The number of carbonyl (C=O) groups excluding carboxylic acids is 1. The molecule has 7 heteroatoms. The number of nitriles is 1. The minimum Gasteiger partial charge on any atom is -0.384 e. The number of benzene rings is 1. The van der Waals surface area contributed by atoms with Gasteiger partial charge in [-0.25, -0.2) is 0 Å². The second kappa shape index (κ2) is 9.18. The molecule has 33 heavy (non-hydrogen) atoms. The number of anilines is 1. The van der Waals surface area contributed by atoms with Crippen LogP contribution in [0.4, 0.5) is 5.69 Å². The van der Waals surface area contributed by atoms with Gasteiger partial charge in [0.25, 0.3) is 0 Å². The molecule has 4 nitrogen and oxygen atoms in total. The smallest absolute Gasteiger partial charge is 0.162 e. The van der Waals surface area contributed by atoms with Crippen LogP contribution < -0.4 is 10.6 Å². The van der Waals surface area contributed by atoms with Crippen molar-refractivity contribution in [2.75, 3.05) is 4.90 Å². The van der Waals surface area contributed by atoms with Crippen LogP contribution in [0.25, 0.3) is 0 Å². The number of nitrogens with two attached hydrogens (primary N) is 1. The van der Waals surface area contributed by atoms with Gasteiger partial charge in [-0.3, -0.25) is 9.69 Å². The first kappa shape index (κ1) is 23.9. The Bertz CT molecular complexity index is 1220. The molecule has 0 amide bonds. The fraction of sp³-hybridized carbons (Fsp3) is 0.385. The number of Topliss-reactive ketones (excluding diaryl/α,β-unsaturated/α-hetero) is 1. The van der Waals surface area contributed by atoms with E-state index >= 15 is 0 Å². The summed E-state index contributed by atoms with van der Waals surface area (Å²) in [6, 6.07) is 11.8. The van der Waals surface area contributed by atoms with E-state index in [9.17, 15) is 10.1 Å². The van der Waals surface area contributed by atoms with E-state index in [0.29, 0.717) is 45.5 Å². The Kier molecular flexibility index (Phi) is 6.64. The quantitative estimate of drug-likeness (QED) is 0.466. The van der Waals surface area contributed by atoms with Crippen molar-refractivity contribution in [3.8, 4) is 6.07 Å². The molecule has 0 spiro atoms. The monoisotopic (exact) mass is 499 g/mol. The predicted octanol–water partition coefficient (Wildman–Crippen LogP) is 7.34. The van der Waals surface area contributed by atoms with E-state index in [2.05, 4.69) is 32.9 Å². The molecule has 1 aromatic heterocycles. The largest absolute Gasteiger partial charge is 0.384 e. The maximum absolute atomic E-state index is 13.6. The zero-order valence-electron chi connectivity index (χ0n) is 19.0. The first-order chi connectivity index (χ1) is 15.7. The molecule has 0 saturated heterocycles. The van der Waals surface area contributed by atoms with Crippen LogP contribution in [0.1, 0.15) is 62.1 Å². The van der Waals surface area contributed by atoms with Crippen LogP contribution in [0.15, 0.2) is 53.0 Å². The van der Waals surface area contributed by atoms with Gasteiger partial charge in [0.15, 0.2) is 5.78 Å². The molecule has 2 aliphatic rings. The van der Waals surface area contributed by atoms with Crippen molar-refractivity contribution in [2.24, 2.45) is 11.1 Å². The summed E-state index contributed by atoms with van der Waals surface area (Å²) >= 11 is 14.6. The summed E-state index contributed by atoms with van der Waals surface area (Å²) in [5, 5.41) is 10.9. The van der Waals surface area contributed by atoms with E-state index in [1.165, 1.54) is 4.88 Å². The molecule has 4 rings (SSSR count). The van der Waals surface area contributed by atoms with Crippen LogP contribution in [-0.4, -0.2) is 5.78 Å². The van der Waals surface area contributed by atoms with Crippen LogP contribution in [0.5, 0.6) is 0 Å². The van der Waals surface area contributed by atoms with Gasteiger partial charge in [0.05, 0.1) is 33.3 Å². The minimum absolute atomic E-state index is 0.0539. The second-order valence-corrected chi connectivity index (χ2v) is 11.4. The van der Waals surface area contributed by atoms with Gasteiger partial charge < -0.3 is 5.73 Å². The number of allylic oxidation sites excluding steroid dienone is 3. The second-order valence-electron chi connectivity index (χ2n) is 9.46. The molecular weight excluding hydrogens is 473 g/mol. The van der Waals surface area contributed by atoms with Gasteiger partial charge in [0.2, 0.25) is 0 Å². The number of aryl methyl sites for hydroxylation is 1. The Balaban J connectivity index is 1.94. The van der Waals surface area contributed by atoms with Crippen LogP contribution in [-0.2, 0) is 11.2 Å². The molecule has 0 bridgehead atoms. The lowest BCUT2D eigenvalue weighted by molar-refractivity contribution is -0.118. The van der Waals surface area contributed by atoms with Crippen molar-refractivity contribution in [1.29, 1.82) is 5.26 Å². The summed E-state index contributed by atoms with van der Waals surface area (Å²) in [6.07, 6.45) is 4.28. The highest BCUT2D eigenvalue weighted by atomic mass is 35.5. The third kappa shape index (κ3) is 4.33. The third-order valence-electron chi connectivity index (χ3n) is 6.30. The lowest BCUT2D eigenvalue weighted by Gasteiger charge is -2.43. The SMILES string of the molecule is CCCCc1ccc(C2C(C#N)=C(N)N(c3cccc(Cl)c3Cl)C3=C2C(=O)CC(C)(C)C3)s1. The van der Waals surface area contributed by atoms with Crippen LogP contribution in [0, 0.1) is 16.7 Å². The number of nitrogens with zero attached hydrogens (tertiary/aromatic N) is 2. The average Bonchev–Trinajstić information content (AvgIpc) is 3.22. The van der Waals surface area contributed by atoms with Crippen molar-refractivity contribution in [3.05, 3.63) is 72.8 Å². The fourth-order valence-corrected chi connectivity index (χ4v) is 6.32. The van der Waals surface area contributed by atoms with Crippen LogP contribution in [0.2, 0.25) is 10.0 Å². The van der Waals surface area contributed by atoms with Gasteiger partial charge in [-0.05, 0) is 48.9 Å². The lowest BCUT2D eigenvalue weighted by atomic mass is 9.69. The number of hydrogen-bond acceptors (Lipinski definition) is 5. The first-order valence-electron chi connectivity index (χ1n) is 11.2. The minimum atomic E-state index is -0.455. The van der Waals surface area contributed by atoms with Crippen molar-refractivity contribution in [3.63, 3.8) is 0 Å². The molecule has 0 radical (unpaired) electrons. The molecule has 2 aromatic rings. The van der Waals surface area contributed by atoms with Crippen LogP contribution in [0.3, 0.4) is 0 Å². The maximum atomic E-state index is 13.6. The van der Waals surface area contributed by atoms with E-state index in [-0.39, 0.29) is 11.2 Å². The van der Waals surface area contributed by atoms with Gasteiger partial charge in [0, 0.05) is 27.4 Å². The van der Waals surface area contributed by atoms with Crippen molar-refractivity contribution < 1.29 is 4.79 Å². The number of carbonyl (C=O) groups is 1. The summed E-state index contributed by atoms with van der Waals surface area (Å²) in [4.78, 5) is 17.6. The molecule has 1 aromatic carbocycles. The number of ketones is 1. The van der Waals surface area contributed by atoms with Gasteiger partial charge in [-0.1, -0.05) is 56.5 Å². The molecule has 1 aliphatic carbocycles. The molecule has 2 N–H and O–H groups in total. The third-order valence-corrected chi connectivity index (χ3v) is 8.32. The summed E-state index contributed by atoms with van der Waals surface area (Å²) < 4.78 is 0. The van der Waals surface area contributed by atoms with Gasteiger partial charge in [-0.2, -0.15) is 5.26 Å². The maximum Gasteiger partial charge on any atom is 0.162 e. The van der Waals surface area contributed by atoms with Crippen LogP contribution >= 0.6 is 34.5 Å². The molecular formula is C26H27Cl2N3OS. The van der Waals surface area contributed by atoms with Gasteiger partial charge >= 0.3 is 0 Å². The van der Waals surface area contributed by atoms with E-state index in [1.54, 1.807) is 28.4 Å². The Morgan fingerprint density at radius 3 is 2.70 bits per heavy atom. The molecule has 172 valence electrons. The van der Waals surface area contributed by atoms with Crippen molar-refractivity contribution in [2.45, 2.75) is 58.8 Å². The highest BCUT2D eigenvalue weighted by Crippen LogP contribution is 2.52. The van der Waals surface area contributed by atoms with E-state index in [4.69, 9.17) is 28.9 Å². The molecule has 1 atom stereocenters. The standard InChI is InChI=1S/C26H27Cl2N3OS/c1-4-5-7-15-10-11-21(33-15)22-16(14-29)25(30)31(18-9-6-8-17(27)24(18)28)19-12-26(2,3)13-20(32)23(19)22/h6,8-11,22H,4-5,7,12-13,30H2,1-3H3. The molecule has 0 saturated carbocycles. The van der Waals surface area contributed by atoms with Gasteiger partial charge in [0.1, 0.15) is 5.82 Å². The highest BCUT2D eigenvalue weighted by Gasteiger charge is 2.45. The van der Waals surface area contributed by atoms with E-state index in [1.807, 2.05) is 12.1 Å². The lowest BCUT2D eigenvalue weighted by Crippen LogP contribution is -2.42. The van der Waals surface area contributed by atoms with Gasteiger partial charge in [-0.15, -0.1) is 11.3 Å². The normalized spacial score (nSPS) is 20.2. The Hall–Kier alpha value is -2.26. The summed E-state index contributed by atoms with van der Waals surface area (Å²) in [5.74, 6) is -0.0965. The van der Waals surface area contributed by atoms with Crippen molar-refractivity contribution in [1.82, 2.24) is 0 Å². The average molecular weight is 500 g/mol. The number of halogens is 2. The Morgan fingerprint density at radius 2 is 2.00 bits per heavy atom. The molecule has 1 unspecified atom stereocenters. The Morgan fingerprint density at radius 1 is 1.24 bits per heavy atom. The summed E-state index contributed by atoms with van der Waals surface area (Å²) in [6.45, 7) is 6.33. The summed E-state index contributed by atoms with van der Waals surface area (Å²) in [5.41, 5.74) is 8.86. The van der Waals surface area contributed by atoms with Crippen molar-refractivity contribution >= 4 is 46.0 Å². The topological polar surface area (TPSA) is 70.1 Å².